The Kier molecular flexibility index (Phi) is 5.75. The zero-order valence-corrected chi connectivity index (χ0v) is 19.9. The van der Waals surface area contributed by atoms with Gasteiger partial charge in [-0.15, -0.1) is 0 Å². The summed E-state index contributed by atoms with van der Waals surface area (Å²) in [6.07, 6.45) is 3.44. The molecule has 8 heteroatoms. The summed E-state index contributed by atoms with van der Waals surface area (Å²) in [5.74, 6) is 1.14. The van der Waals surface area contributed by atoms with Crippen molar-refractivity contribution in [1.29, 1.82) is 0 Å². The molecule has 1 N–H and O–H groups in total. The number of fused-ring (bicyclic) bond motifs is 2. The summed E-state index contributed by atoms with van der Waals surface area (Å²) >= 11 is 5.97. The van der Waals surface area contributed by atoms with E-state index in [-0.39, 0.29) is 5.91 Å². The summed E-state index contributed by atoms with van der Waals surface area (Å²) in [5, 5.41) is 8.81. The van der Waals surface area contributed by atoms with E-state index in [1.807, 2.05) is 66.7 Å². The number of pyridine rings is 1. The monoisotopic (exact) mass is 496 g/mol. The molecule has 3 aromatic carbocycles. The van der Waals surface area contributed by atoms with Crippen molar-refractivity contribution in [1.82, 2.24) is 14.8 Å². The van der Waals surface area contributed by atoms with Crippen molar-refractivity contribution in [2.75, 3.05) is 18.5 Å². The highest BCUT2D eigenvalue weighted by atomic mass is 35.5. The molecule has 0 radical (unpaired) electrons. The first-order valence-electron chi connectivity index (χ1n) is 11.5. The molecule has 0 fully saturated rings. The fourth-order valence-corrected chi connectivity index (χ4v) is 4.33. The summed E-state index contributed by atoms with van der Waals surface area (Å²) in [4.78, 5) is 18.2. The zero-order chi connectivity index (χ0) is 24.5. The molecule has 3 heterocycles. The van der Waals surface area contributed by atoms with Gasteiger partial charge in [-0.2, -0.15) is 5.10 Å². The van der Waals surface area contributed by atoms with Crippen LogP contribution < -0.4 is 14.8 Å². The molecule has 1 aliphatic rings. The van der Waals surface area contributed by atoms with Crippen LogP contribution in [0.1, 0.15) is 15.9 Å². The lowest BCUT2D eigenvalue weighted by Gasteiger charge is -2.19. The first kappa shape index (κ1) is 22.1. The van der Waals surface area contributed by atoms with Crippen molar-refractivity contribution in [3.8, 4) is 22.8 Å². The maximum Gasteiger partial charge on any atom is 0.256 e. The van der Waals surface area contributed by atoms with Crippen LogP contribution in [0, 0.1) is 0 Å². The Morgan fingerprint density at radius 2 is 1.78 bits per heavy atom. The summed E-state index contributed by atoms with van der Waals surface area (Å²) in [5.41, 5.74) is 4.44. The van der Waals surface area contributed by atoms with Gasteiger partial charge in [-0.1, -0.05) is 41.9 Å². The maximum absolute atomic E-state index is 13.4. The fraction of sp³-hybridized carbons (Fsp3) is 0.107. The van der Waals surface area contributed by atoms with E-state index in [2.05, 4.69) is 10.4 Å². The van der Waals surface area contributed by atoms with Gasteiger partial charge in [0.05, 0.1) is 35.2 Å². The van der Waals surface area contributed by atoms with Crippen molar-refractivity contribution in [3.05, 3.63) is 101 Å². The average molecular weight is 497 g/mol. The molecule has 0 bridgehead atoms. The molecule has 178 valence electrons. The third-order valence-corrected chi connectivity index (χ3v) is 6.20. The molecule has 0 saturated heterocycles. The number of nitrogens with one attached hydrogen (secondary N) is 1. The molecule has 0 spiro atoms. The van der Waals surface area contributed by atoms with E-state index in [0.717, 1.165) is 22.0 Å². The van der Waals surface area contributed by atoms with E-state index < -0.39 is 0 Å². The van der Waals surface area contributed by atoms with Gasteiger partial charge < -0.3 is 14.8 Å². The molecule has 2 aromatic heterocycles. The summed E-state index contributed by atoms with van der Waals surface area (Å²) in [6, 6.07) is 22.7. The molecule has 6 rings (SSSR count). The van der Waals surface area contributed by atoms with Crippen LogP contribution in [-0.4, -0.2) is 33.9 Å². The highest BCUT2D eigenvalue weighted by molar-refractivity contribution is 6.30. The number of carbonyl (C=O) groups is 1. The number of carbonyl (C=O) groups excluding carboxylic acids is 1. The van der Waals surface area contributed by atoms with Gasteiger partial charge in [-0.3, -0.25) is 9.48 Å². The molecular formula is C28H21ClN4O3. The van der Waals surface area contributed by atoms with Gasteiger partial charge >= 0.3 is 0 Å². The fourth-order valence-electron chi connectivity index (χ4n) is 4.20. The molecule has 0 atom stereocenters. The van der Waals surface area contributed by atoms with Crippen LogP contribution in [0.25, 0.3) is 22.2 Å². The molecule has 7 nitrogen and oxygen atoms in total. The number of rotatable bonds is 5. The predicted molar refractivity (Wildman–Crippen MR) is 139 cm³/mol. The Labute approximate surface area is 212 Å². The van der Waals surface area contributed by atoms with E-state index in [0.29, 0.717) is 53.2 Å². The van der Waals surface area contributed by atoms with Crippen LogP contribution in [0.2, 0.25) is 5.02 Å². The number of amides is 1. The van der Waals surface area contributed by atoms with Crippen LogP contribution >= 0.6 is 11.6 Å². The number of benzene rings is 3. The van der Waals surface area contributed by atoms with Gasteiger partial charge in [0, 0.05) is 22.2 Å². The van der Waals surface area contributed by atoms with Gasteiger partial charge in [0.2, 0.25) is 0 Å². The first-order valence-corrected chi connectivity index (χ1v) is 11.9. The lowest BCUT2D eigenvalue weighted by atomic mass is 10.0. The quantitative estimate of drug-likeness (QED) is 0.331. The second kappa shape index (κ2) is 9.36. The number of ether oxygens (including phenoxy) is 2. The topological polar surface area (TPSA) is 78.3 Å². The lowest BCUT2D eigenvalue weighted by molar-refractivity contribution is 0.102. The van der Waals surface area contributed by atoms with E-state index in [9.17, 15) is 4.79 Å². The number of halogens is 1. The molecule has 5 aromatic rings. The Hall–Kier alpha value is -4.36. The molecule has 0 unspecified atom stereocenters. The van der Waals surface area contributed by atoms with Crippen LogP contribution in [0.15, 0.2) is 85.2 Å². The SMILES string of the molecule is O=C(Nc1cnn(Cc2ccc(Cl)cc2)c1)c1cc(-c2ccc3c(c2)OCCO3)nc2ccccc12. The van der Waals surface area contributed by atoms with Crippen LogP contribution in [0.3, 0.4) is 0 Å². The number of anilines is 1. The van der Waals surface area contributed by atoms with E-state index in [1.54, 1.807) is 23.1 Å². The third-order valence-electron chi connectivity index (χ3n) is 5.95. The van der Waals surface area contributed by atoms with Crippen molar-refractivity contribution in [2.24, 2.45) is 0 Å². The van der Waals surface area contributed by atoms with Crippen LogP contribution in [0.5, 0.6) is 11.5 Å². The molecule has 36 heavy (non-hydrogen) atoms. The van der Waals surface area contributed by atoms with Gasteiger partial charge in [0.25, 0.3) is 5.91 Å². The standard InChI is InChI=1S/C28H21ClN4O3/c29-20-8-5-18(6-9-20)16-33-17-21(15-30-33)31-28(34)23-14-25(32-24-4-2-1-3-22(23)24)19-7-10-26-27(13-19)36-12-11-35-26/h1-10,13-15,17H,11-12,16H2,(H,31,34). The Morgan fingerprint density at radius 1 is 0.972 bits per heavy atom. The highest BCUT2D eigenvalue weighted by Crippen LogP contribution is 2.35. The normalized spacial score (nSPS) is 12.5. The average Bonchev–Trinajstić information content (AvgIpc) is 3.35. The number of para-hydroxylation sites is 1. The summed E-state index contributed by atoms with van der Waals surface area (Å²) in [6.45, 7) is 1.60. The minimum atomic E-state index is -0.238. The third kappa shape index (κ3) is 4.48. The van der Waals surface area contributed by atoms with Gasteiger partial charge in [-0.25, -0.2) is 4.98 Å². The molecular weight excluding hydrogens is 476 g/mol. The Morgan fingerprint density at radius 3 is 2.64 bits per heavy atom. The smallest absolute Gasteiger partial charge is 0.256 e. The van der Waals surface area contributed by atoms with Crippen LogP contribution in [0.4, 0.5) is 5.69 Å². The zero-order valence-electron chi connectivity index (χ0n) is 19.1. The van der Waals surface area contributed by atoms with Gasteiger partial charge in [0.1, 0.15) is 13.2 Å². The molecule has 0 saturated carbocycles. The summed E-state index contributed by atoms with van der Waals surface area (Å²) < 4.78 is 13.1. The number of hydrogen-bond acceptors (Lipinski definition) is 5. The molecule has 1 amide bonds. The Balaban J connectivity index is 1.29. The largest absolute Gasteiger partial charge is 0.486 e. The second-order valence-corrected chi connectivity index (χ2v) is 8.87. The predicted octanol–water partition coefficient (Wildman–Crippen LogP) is 5.82. The van der Waals surface area contributed by atoms with Crippen molar-refractivity contribution >= 4 is 34.1 Å². The van der Waals surface area contributed by atoms with E-state index in [1.165, 1.54) is 0 Å². The maximum atomic E-state index is 13.4. The number of aromatic nitrogens is 3. The second-order valence-electron chi connectivity index (χ2n) is 8.44. The molecule has 0 aliphatic carbocycles. The van der Waals surface area contributed by atoms with Crippen molar-refractivity contribution in [2.45, 2.75) is 6.54 Å². The first-order chi connectivity index (χ1) is 17.6. The Bertz CT molecular complexity index is 1580. The number of nitrogens with zero attached hydrogens (tertiary/aromatic N) is 3. The van der Waals surface area contributed by atoms with Crippen molar-refractivity contribution < 1.29 is 14.3 Å². The minimum absolute atomic E-state index is 0.238. The minimum Gasteiger partial charge on any atom is -0.486 e. The highest BCUT2D eigenvalue weighted by Gasteiger charge is 2.17. The molecule has 1 aliphatic heterocycles. The van der Waals surface area contributed by atoms with E-state index >= 15 is 0 Å². The van der Waals surface area contributed by atoms with E-state index in [4.69, 9.17) is 26.1 Å². The van der Waals surface area contributed by atoms with Gasteiger partial charge in [-0.05, 0) is 48.0 Å². The van der Waals surface area contributed by atoms with Crippen LogP contribution in [-0.2, 0) is 6.54 Å². The van der Waals surface area contributed by atoms with Gasteiger partial charge in [0.15, 0.2) is 11.5 Å². The van der Waals surface area contributed by atoms with Crippen molar-refractivity contribution in [3.63, 3.8) is 0 Å². The summed E-state index contributed by atoms with van der Waals surface area (Å²) in [7, 11) is 0. The number of hydrogen-bond donors (Lipinski definition) is 1. The lowest BCUT2D eigenvalue weighted by Crippen LogP contribution is -2.15.